The van der Waals surface area contributed by atoms with Crippen molar-refractivity contribution in [2.45, 2.75) is 43.7 Å². The van der Waals surface area contributed by atoms with E-state index >= 15 is 0 Å². The fourth-order valence-corrected chi connectivity index (χ4v) is 7.39. The fourth-order valence-electron chi connectivity index (χ4n) is 4.59. The first-order valence-corrected chi connectivity index (χ1v) is 9.53. The van der Waals surface area contributed by atoms with Crippen LogP contribution in [0.4, 0.5) is 0 Å². The minimum absolute atomic E-state index is 0.0974. The molecule has 6 heteroatoms. The van der Waals surface area contributed by atoms with Crippen molar-refractivity contribution >= 4 is 21.4 Å². The molecule has 4 atom stereocenters. The predicted molar refractivity (Wildman–Crippen MR) is 76.9 cm³/mol. The maximum Gasteiger partial charge on any atom is 0.241 e. The summed E-state index contributed by atoms with van der Waals surface area (Å²) in [7, 11) is -3.43. The van der Waals surface area contributed by atoms with Gasteiger partial charge in [-0.2, -0.15) is 0 Å². The van der Waals surface area contributed by atoms with Crippen molar-refractivity contribution < 1.29 is 13.5 Å². The summed E-state index contributed by atoms with van der Waals surface area (Å²) >= 11 is 1.35. The van der Waals surface area contributed by atoms with E-state index in [4.69, 9.17) is 5.11 Å². The van der Waals surface area contributed by atoms with E-state index in [9.17, 15) is 8.42 Å². The van der Waals surface area contributed by atoms with E-state index in [-0.39, 0.29) is 12.6 Å². The van der Waals surface area contributed by atoms with Crippen LogP contribution in [-0.2, 0) is 16.6 Å². The third-order valence-corrected chi connectivity index (χ3v) is 8.15. The summed E-state index contributed by atoms with van der Waals surface area (Å²) in [5, 5.41) is 9.14. The summed E-state index contributed by atoms with van der Waals surface area (Å²) in [5.41, 5.74) is 0. The minimum Gasteiger partial charge on any atom is -0.391 e. The molecule has 0 aliphatic heterocycles. The van der Waals surface area contributed by atoms with Gasteiger partial charge < -0.3 is 5.11 Å². The first kappa shape index (κ1) is 13.2. The van der Waals surface area contributed by atoms with E-state index in [1.807, 2.05) is 0 Å². The van der Waals surface area contributed by atoms with Gasteiger partial charge in [0.1, 0.15) is 0 Å². The van der Waals surface area contributed by atoms with Crippen LogP contribution in [0.15, 0.2) is 11.0 Å². The van der Waals surface area contributed by atoms with Gasteiger partial charge in [0.15, 0.2) is 0 Å². The Morgan fingerprint density at radius 2 is 2.00 bits per heavy atom. The van der Waals surface area contributed by atoms with Gasteiger partial charge in [-0.05, 0) is 55.9 Å². The van der Waals surface area contributed by atoms with Gasteiger partial charge >= 0.3 is 0 Å². The molecule has 0 radical (unpaired) electrons. The smallest absolute Gasteiger partial charge is 0.241 e. The van der Waals surface area contributed by atoms with E-state index < -0.39 is 10.0 Å². The molecule has 1 heterocycles. The molecule has 4 unspecified atom stereocenters. The van der Waals surface area contributed by atoms with Crippen LogP contribution in [0.1, 0.15) is 29.0 Å². The van der Waals surface area contributed by atoms with Crippen LogP contribution in [0.5, 0.6) is 0 Å². The van der Waals surface area contributed by atoms with E-state index in [0.717, 1.165) is 16.7 Å². The summed E-state index contributed by atoms with van der Waals surface area (Å²) in [6, 6.07) is 1.78. The van der Waals surface area contributed by atoms with Gasteiger partial charge in [-0.3, -0.25) is 0 Å². The molecule has 0 saturated heterocycles. The zero-order chi connectivity index (χ0) is 14.1. The lowest BCUT2D eigenvalue weighted by atomic mass is 10.0. The number of aliphatic hydroxyl groups is 1. The molecule has 20 heavy (non-hydrogen) atoms. The molecule has 0 amide bonds. The SMILES string of the molecule is Cc1sc(CO)cc1S(=O)(=O)NC1C2C3CCC(C3)C12. The highest BCUT2D eigenvalue weighted by atomic mass is 32.2. The third-order valence-electron chi connectivity index (χ3n) is 5.40. The lowest BCUT2D eigenvalue weighted by Crippen LogP contribution is -2.30. The van der Waals surface area contributed by atoms with Gasteiger partial charge in [0.05, 0.1) is 11.5 Å². The van der Waals surface area contributed by atoms with Crippen molar-refractivity contribution in [1.82, 2.24) is 4.72 Å². The molecule has 3 aliphatic rings. The topological polar surface area (TPSA) is 66.4 Å². The fraction of sp³-hybridized carbons (Fsp3) is 0.714. The maximum absolute atomic E-state index is 12.5. The first-order valence-electron chi connectivity index (χ1n) is 7.24. The van der Waals surface area contributed by atoms with Gasteiger partial charge in [0, 0.05) is 15.8 Å². The van der Waals surface area contributed by atoms with E-state index in [1.165, 1.54) is 30.6 Å². The molecule has 2 N–H and O–H groups in total. The largest absolute Gasteiger partial charge is 0.391 e. The Bertz CT molecular complexity index is 635. The van der Waals surface area contributed by atoms with Crippen LogP contribution in [0.3, 0.4) is 0 Å². The van der Waals surface area contributed by atoms with Crippen molar-refractivity contribution in [2.75, 3.05) is 0 Å². The van der Waals surface area contributed by atoms with Crippen molar-refractivity contribution in [3.8, 4) is 0 Å². The maximum atomic E-state index is 12.5. The standard InChI is InChI=1S/C14H19NO3S2/c1-7-11(5-10(6-16)19-7)20(17,18)15-14-12-8-2-3-9(4-8)13(12)14/h5,8-9,12-16H,2-4,6H2,1H3. The van der Waals surface area contributed by atoms with Crippen molar-refractivity contribution in [3.05, 3.63) is 15.8 Å². The average molecular weight is 313 g/mol. The molecule has 3 saturated carbocycles. The van der Waals surface area contributed by atoms with Gasteiger partial charge in [0.2, 0.25) is 10.0 Å². The van der Waals surface area contributed by atoms with Crippen LogP contribution >= 0.6 is 11.3 Å². The zero-order valence-electron chi connectivity index (χ0n) is 11.4. The number of thiophene rings is 1. The highest BCUT2D eigenvalue weighted by Crippen LogP contribution is 2.65. The Balaban J connectivity index is 1.55. The number of hydrogen-bond acceptors (Lipinski definition) is 4. The number of hydrogen-bond donors (Lipinski definition) is 2. The third kappa shape index (κ3) is 1.81. The van der Waals surface area contributed by atoms with Crippen LogP contribution in [0.2, 0.25) is 0 Å². The number of nitrogens with one attached hydrogen (secondary N) is 1. The molecule has 2 bridgehead atoms. The van der Waals surface area contributed by atoms with Crippen LogP contribution in [-0.4, -0.2) is 19.6 Å². The molecule has 4 nitrogen and oxygen atoms in total. The van der Waals surface area contributed by atoms with Crippen LogP contribution in [0, 0.1) is 30.6 Å². The second-order valence-electron chi connectivity index (χ2n) is 6.43. The quantitative estimate of drug-likeness (QED) is 0.892. The zero-order valence-corrected chi connectivity index (χ0v) is 13.0. The number of rotatable bonds is 4. The Hall–Kier alpha value is -0.430. The van der Waals surface area contributed by atoms with Gasteiger partial charge in [-0.25, -0.2) is 13.1 Å². The molecule has 3 fully saturated rings. The Morgan fingerprint density at radius 3 is 2.55 bits per heavy atom. The van der Waals surface area contributed by atoms with Gasteiger partial charge in [0.25, 0.3) is 0 Å². The molecule has 0 spiro atoms. The van der Waals surface area contributed by atoms with Gasteiger partial charge in [-0.1, -0.05) is 0 Å². The summed E-state index contributed by atoms with van der Waals surface area (Å²) in [6.07, 6.45) is 3.89. The minimum atomic E-state index is -3.43. The first-order chi connectivity index (χ1) is 9.51. The van der Waals surface area contributed by atoms with Crippen LogP contribution in [0.25, 0.3) is 0 Å². The monoisotopic (exact) mass is 313 g/mol. The Morgan fingerprint density at radius 1 is 1.35 bits per heavy atom. The highest BCUT2D eigenvalue weighted by Gasteiger charge is 2.65. The van der Waals surface area contributed by atoms with E-state index in [2.05, 4.69) is 4.72 Å². The highest BCUT2D eigenvalue weighted by molar-refractivity contribution is 7.89. The summed E-state index contributed by atoms with van der Waals surface area (Å²) in [5.74, 6) is 2.71. The van der Waals surface area contributed by atoms with E-state index in [0.29, 0.717) is 21.6 Å². The second-order valence-corrected chi connectivity index (χ2v) is 9.45. The molecular formula is C14H19NO3S2. The molecular weight excluding hydrogens is 294 g/mol. The summed E-state index contributed by atoms with van der Waals surface area (Å²) in [4.78, 5) is 1.82. The Kier molecular flexibility index (Phi) is 2.84. The predicted octanol–water partition coefficient (Wildman–Crippen LogP) is 1.87. The van der Waals surface area contributed by atoms with Crippen molar-refractivity contribution in [3.63, 3.8) is 0 Å². The molecule has 4 rings (SSSR count). The molecule has 0 aromatic carbocycles. The number of sulfonamides is 1. The molecule has 3 aliphatic carbocycles. The summed E-state index contributed by atoms with van der Waals surface area (Å²) in [6.45, 7) is 1.70. The Labute approximate surface area is 123 Å². The van der Waals surface area contributed by atoms with E-state index in [1.54, 1.807) is 13.0 Å². The molecule has 110 valence electrons. The van der Waals surface area contributed by atoms with Crippen molar-refractivity contribution in [1.29, 1.82) is 0 Å². The van der Waals surface area contributed by atoms with Crippen LogP contribution < -0.4 is 4.72 Å². The molecule has 1 aromatic rings. The normalized spacial score (nSPS) is 38.2. The lowest BCUT2D eigenvalue weighted by molar-refractivity contribution is 0.285. The number of aryl methyl sites for hydroxylation is 1. The van der Waals surface area contributed by atoms with Crippen molar-refractivity contribution in [2.24, 2.45) is 23.7 Å². The average Bonchev–Trinajstić information content (AvgIpc) is 2.81. The lowest BCUT2D eigenvalue weighted by Gasteiger charge is -2.11. The number of aliphatic hydroxyl groups excluding tert-OH is 1. The molecule has 1 aromatic heterocycles. The summed E-state index contributed by atoms with van der Waals surface area (Å²) < 4.78 is 27.9. The van der Waals surface area contributed by atoms with Gasteiger partial charge in [-0.15, -0.1) is 11.3 Å². The number of fused-ring (bicyclic) bond motifs is 5. The second kappa shape index (κ2) is 4.29.